The molecule has 0 saturated heterocycles. The van der Waals surface area contributed by atoms with Crippen molar-refractivity contribution in [1.82, 2.24) is 4.98 Å². The van der Waals surface area contributed by atoms with E-state index in [2.05, 4.69) is 4.98 Å². The number of fused-ring (bicyclic) bond motifs is 1. The third-order valence-electron chi connectivity index (χ3n) is 3.53. The van der Waals surface area contributed by atoms with Crippen LogP contribution in [-0.2, 0) is 11.2 Å². The Bertz CT molecular complexity index is 915. The van der Waals surface area contributed by atoms with Crippen molar-refractivity contribution < 1.29 is 19.1 Å². The maximum absolute atomic E-state index is 13.0. The largest absolute Gasteiger partial charge is 0.481 e. The zero-order valence-corrected chi connectivity index (χ0v) is 12.5. The van der Waals surface area contributed by atoms with Crippen LogP contribution in [0.1, 0.15) is 21.6 Å². The van der Waals surface area contributed by atoms with E-state index in [4.69, 9.17) is 16.7 Å². The Morgan fingerprint density at radius 1 is 1.13 bits per heavy atom. The van der Waals surface area contributed by atoms with Gasteiger partial charge < -0.3 is 10.1 Å². The molecule has 1 aromatic heterocycles. The lowest BCUT2D eigenvalue weighted by molar-refractivity contribution is -0.136. The van der Waals surface area contributed by atoms with E-state index in [1.807, 2.05) is 0 Å². The lowest BCUT2D eigenvalue weighted by Gasteiger charge is -2.02. The summed E-state index contributed by atoms with van der Waals surface area (Å²) in [5, 5.41) is 10.2. The van der Waals surface area contributed by atoms with Crippen molar-refractivity contribution in [2.45, 2.75) is 6.42 Å². The summed E-state index contributed by atoms with van der Waals surface area (Å²) in [7, 11) is 0. The quantitative estimate of drug-likeness (QED) is 0.714. The van der Waals surface area contributed by atoms with Crippen LogP contribution in [0.4, 0.5) is 4.39 Å². The molecule has 0 radical (unpaired) electrons. The normalized spacial score (nSPS) is 10.9. The number of aromatic nitrogens is 1. The molecule has 0 saturated carbocycles. The number of H-pyrrole nitrogens is 1. The minimum Gasteiger partial charge on any atom is -0.481 e. The molecule has 3 aromatic rings. The van der Waals surface area contributed by atoms with Gasteiger partial charge in [0.1, 0.15) is 5.82 Å². The molecular formula is C17H11ClFNO3. The second-order valence-corrected chi connectivity index (χ2v) is 5.51. The molecule has 0 aliphatic carbocycles. The lowest BCUT2D eigenvalue weighted by atomic mass is 10.0. The van der Waals surface area contributed by atoms with Gasteiger partial charge in [-0.2, -0.15) is 0 Å². The Hall–Kier alpha value is -2.66. The molecule has 0 atom stereocenters. The number of carboxylic acid groups (broad SMARTS) is 1. The monoisotopic (exact) mass is 331 g/mol. The Labute approximate surface area is 135 Å². The number of rotatable bonds is 4. The maximum atomic E-state index is 13.0. The van der Waals surface area contributed by atoms with E-state index < -0.39 is 17.6 Å². The van der Waals surface area contributed by atoms with Gasteiger partial charge in [-0.25, -0.2) is 4.39 Å². The van der Waals surface area contributed by atoms with Crippen molar-refractivity contribution in [2.24, 2.45) is 0 Å². The zero-order valence-electron chi connectivity index (χ0n) is 11.8. The summed E-state index contributed by atoms with van der Waals surface area (Å²) in [5.41, 5.74) is 1.42. The molecule has 116 valence electrons. The summed E-state index contributed by atoms with van der Waals surface area (Å²) in [5.74, 6) is -1.89. The van der Waals surface area contributed by atoms with Crippen molar-refractivity contribution in [2.75, 3.05) is 0 Å². The highest BCUT2D eigenvalue weighted by atomic mass is 35.5. The molecular weight excluding hydrogens is 321 g/mol. The van der Waals surface area contributed by atoms with Crippen LogP contribution in [0.25, 0.3) is 10.9 Å². The van der Waals surface area contributed by atoms with E-state index in [0.29, 0.717) is 21.5 Å². The third kappa shape index (κ3) is 2.96. The number of carboxylic acids is 1. The topological polar surface area (TPSA) is 70.2 Å². The third-order valence-corrected chi connectivity index (χ3v) is 3.76. The molecule has 3 rings (SSSR count). The number of aromatic amines is 1. The number of benzene rings is 2. The molecule has 0 bridgehead atoms. The smallest absolute Gasteiger partial charge is 0.307 e. The van der Waals surface area contributed by atoms with E-state index in [1.54, 1.807) is 18.2 Å². The average Bonchev–Trinajstić information content (AvgIpc) is 2.84. The standard InChI is InChI=1S/C17H11ClFNO3/c18-10-3-6-12-13(8-15(21)22)16(20-14(12)7-10)17(23)9-1-4-11(19)5-2-9/h1-7,20H,8H2,(H,21,22). The molecule has 0 aliphatic heterocycles. The van der Waals surface area contributed by atoms with Crippen molar-refractivity contribution in [3.8, 4) is 0 Å². The molecule has 2 N–H and O–H groups in total. The van der Waals surface area contributed by atoms with Gasteiger partial charge >= 0.3 is 5.97 Å². The predicted octanol–water partition coefficient (Wildman–Crippen LogP) is 3.82. The summed E-state index contributed by atoms with van der Waals surface area (Å²) < 4.78 is 13.0. The SMILES string of the molecule is O=C(O)Cc1c(C(=O)c2ccc(F)cc2)[nH]c2cc(Cl)ccc12. The number of hydrogen-bond donors (Lipinski definition) is 2. The number of carbonyl (C=O) groups excluding carboxylic acids is 1. The summed E-state index contributed by atoms with van der Waals surface area (Å²) in [6.45, 7) is 0. The maximum Gasteiger partial charge on any atom is 0.307 e. The second-order valence-electron chi connectivity index (χ2n) is 5.07. The van der Waals surface area contributed by atoms with Crippen molar-refractivity contribution in [1.29, 1.82) is 0 Å². The first kappa shape index (κ1) is 15.2. The summed E-state index contributed by atoms with van der Waals surface area (Å²) in [6.07, 6.45) is -0.302. The number of aliphatic carboxylic acids is 1. The van der Waals surface area contributed by atoms with Gasteiger partial charge in [-0.3, -0.25) is 9.59 Å². The average molecular weight is 332 g/mol. The molecule has 0 spiro atoms. The highest BCUT2D eigenvalue weighted by Gasteiger charge is 2.21. The Balaban J connectivity index is 2.16. The van der Waals surface area contributed by atoms with Gasteiger partial charge in [0.05, 0.1) is 12.1 Å². The highest BCUT2D eigenvalue weighted by Crippen LogP contribution is 2.27. The van der Waals surface area contributed by atoms with Gasteiger partial charge in [0, 0.05) is 27.1 Å². The van der Waals surface area contributed by atoms with Crippen molar-refractivity contribution in [3.63, 3.8) is 0 Å². The Morgan fingerprint density at radius 3 is 2.48 bits per heavy atom. The molecule has 6 heteroatoms. The first-order valence-electron chi connectivity index (χ1n) is 6.78. The molecule has 0 amide bonds. The van der Waals surface area contributed by atoms with E-state index in [0.717, 1.165) is 0 Å². The van der Waals surface area contributed by atoms with Gasteiger partial charge in [0.25, 0.3) is 0 Å². The molecule has 4 nitrogen and oxygen atoms in total. The van der Waals surface area contributed by atoms with Gasteiger partial charge in [0.2, 0.25) is 5.78 Å². The van der Waals surface area contributed by atoms with Crippen LogP contribution in [0.15, 0.2) is 42.5 Å². The van der Waals surface area contributed by atoms with Crippen LogP contribution < -0.4 is 0 Å². The fraction of sp³-hybridized carbons (Fsp3) is 0.0588. The molecule has 0 aliphatic rings. The fourth-order valence-electron chi connectivity index (χ4n) is 2.50. The highest BCUT2D eigenvalue weighted by molar-refractivity contribution is 6.31. The molecule has 0 unspecified atom stereocenters. The summed E-state index contributed by atoms with van der Waals surface area (Å²) in [6, 6.07) is 10.0. The number of hydrogen-bond acceptors (Lipinski definition) is 2. The van der Waals surface area contributed by atoms with Gasteiger partial charge in [-0.1, -0.05) is 17.7 Å². The molecule has 1 heterocycles. The first-order valence-corrected chi connectivity index (χ1v) is 7.15. The van der Waals surface area contributed by atoms with Crippen LogP contribution in [0.5, 0.6) is 0 Å². The van der Waals surface area contributed by atoms with Crippen LogP contribution in [0.3, 0.4) is 0 Å². The molecule has 2 aromatic carbocycles. The van der Waals surface area contributed by atoms with Crippen LogP contribution >= 0.6 is 11.6 Å². The number of carbonyl (C=O) groups is 2. The van der Waals surface area contributed by atoms with Gasteiger partial charge in [-0.15, -0.1) is 0 Å². The van der Waals surface area contributed by atoms with Crippen molar-refractivity contribution >= 4 is 34.3 Å². The number of ketones is 1. The lowest BCUT2D eigenvalue weighted by Crippen LogP contribution is -2.08. The second kappa shape index (κ2) is 5.85. The van der Waals surface area contributed by atoms with E-state index in [9.17, 15) is 14.0 Å². The summed E-state index contributed by atoms with van der Waals surface area (Å²) in [4.78, 5) is 26.7. The van der Waals surface area contributed by atoms with Crippen molar-refractivity contribution in [3.05, 3.63) is 70.1 Å². The van der Waals surface area contributed by atoms with E-state index in [1.165, 1.54) is 24.3 Å². The summed E-state index contributed by atoms with van der Waals surface area (Å²) >= 11 is 5.94. The molecule has 0 fully saturated rings. The zero-order chi connectivity index (χ0) is 16.6. The minimum absolute atomic E-state index is 0.177. The first-order chi connectivity index (χ1) is 11.0. The number of nitrogens with one attached hydrogen (secondary N) is 1. The number of halogens is 2. The minimum atomic E-state index is -1.05. The Kier molecular flexibility index (Phi) is 3.88. The predicted molar refractivity (Wildman–Crippen MR) is 84.5 cm³/mol. The van der Waals surface area contributed by atoms with E-state index in [-0.39, 0.29) is 17.7 Å². The van der Waals surface area contributed by atoms with Gasteiger partial charge in [-0.05, 0) is 36.4 Å². The van der Waals surface area contributed by atoms with Crippen LogP contribution in [0.2, 0.25) is 5.02 Å². The fourth-order valence-corrected chi connectivity index (χ4v) is 2.67. The van der Waals surface area contributed by atoms with Crippen LogP contribution in [-0.4, -0.2) is 21.8 Å². The van der Waals surface area contributed by atoms with Crippen LogP contribution in [0, 0.1) is 5.82 Å². The van der Waals surface area contributed by atoms with Gasteiger partial charge in [0.15, 0.2) is 0 Å². The Morgan fingerprint density at radius 2 is 1.83 bits per heavy atom. The molecule has 23 heavy (non-hydrogen) atoms. The van der Waals surface area contributed by atoms with E-state index >= 15 is 0 Å².